The molecule has 1 aromatic heterocycles. The van der Waals surface area contributed by atoms with Crippen molar-refractivity contribution in [2.24, 2.45) is 0 Å². The number of aliphatic carboxylic acids is 1. The molecule has 0 atom stereocenters. The number of carbonyl (C=O) groups excluding carboxylic acids is 1. The van der Waals surface area contributed by atoms with E-state index < -0.39 is 12.5 Å². The number of tetrazole rings is 1. The molecule has 0 unspecified atom stereocenters. The van der Waals surface area contributed by atoms with Crippen LogP contribution in [0.5, 0.6) is 0 Å². The number of nitrogens with two attached hydrogens (primary N) is 1. The van der Waals surface area contributed by atoms with Crippen molar-refractivity contribution in [3.63, 3.8) is 0 Å². The van der Waals surface area contributed by atoms with Crippen LogP contribution in [-0.4, -0.2) is 26.2 Å². The highest BCUT2D eigenvalue weighted by atomic mass is 16.4. The van der Waals surface area contributed by atoms with E-state index in [1.807, 2.05) is 0 Å². The van der Waals surface area contributed by atoms with Crippen LogP contribution >= 0.6 is 0 Å². The van der Waals surface area contributed by atoms with E-state index in [9.17, 15) is 9.90 Å². The highest BCUT2D eigenvalue weighted by Gasteiger charge is 1.95. The molecule has 2 N–H and O–H groups in total. The Labute approximate surface area is 55.4 Å². The minimum atomic E-state index is -1.28. The average Bonchev–Trinajstić information content (AvgIpc) is 2.13. The van der Waals surface area contributed by atoms with Crippen LogP contribution < -0.4 is 10.8 Å². The SMILES string of the molecule is Nc1nnn(CC(=O)[O-])n1. The van der Waals surface area contributed by atoms with E-state index in [2.05, 4.69) is 15.4 Å². The Balaban J connectivity index is 2.67. The lowest BCUT2D eigenvalue weighted by atomic mass is 10.7. The van der Waals surface area contributed by atoms with Crippen LogP contribution in [0.4, 0.5) is 5.95 Å². The van der Waals surface area contributed by atoms with Crippen LogP contribution in [0.2, 0.25) is 0 Å². The first kappa shape index (κ1) is 6.46. The quantitative estimate of drug-likeness (QED) is 0.471. The molecule has 0 aliphatic carbocycles. The van der Waals surface area contributed by atoms with Gasteiger partial charge in [0, 0.05) is 0 Å². The minimum Gasteiger partial charge on any atom is -0.548 e. The third-order valence-corrected chi connectivity index (χ3v) is 0.739. The smallest absolute Gasteiger partial charge is 0.260 e. The molecule has 0 radical (unpaired) electrons. The van der Waals surface area contributed by atoms with Crippen molar-refractivity contribution in [2.45, 2.75) is 6.54 Å². The summed E-state index contributed by atoms with van der Waals surface area (Å²) in [5, 5.41) is 19.8. The van der Waals surface area contributed by atoms with Gasteiger partial charge in [-0.2, -0.15) is 4.80 Å². The second kappa shape index (κ2) is 2.29. The molecule has 0 bridgehead atoms. The molecule has 1 heterocycles. The van der Waals surface area contributed by atoms with Gasteiger partial charge in [0.1, 0.15) is 6.54 Å². The summed E-state index contributed by atoms with van der Waals surface area (Å²) in [4.78, 5) is 10.7. The maximum absolute atomic E-state index is 9.90. The van der Waals surface area contributed by atoms with Gasteiger partial charge < -0.3 is 15.6 Å². The fourth-order valence-corrected chi connectivity index (χ4v) is 0.438. The van der Waals surface area contributed by atoms with Gasteiger partial charge in [0.05, 0.1) is 5.97 Å². The molecule has 0 saturated heterocycles. The zero-order valence-electron chi connectivity index (χ0n) is 4.89. The number of anilines is 1. The highest BCUT2D eigenvalue weighted by molar-refractivity contribution is 5.63. The summed E-state index contributed by atoms with van der Waals surface area (Å²) < 4.78 is 0. The molecular weight excluding hydrogens is 138 g/mol. The summed E-state index contributed by atoms with van der Waals surface area (Å²) in [5.74, 6) is -1.33. The summed E-state index contributed by atoms with van der Waals surface area (Å²) in [6.45, 7) is -0.426. The molecule has 0 saturated carbocycles. The maximum atomic E-state index is 9.90. The zero-order chi connectivity index (χ0) is 7.56. The number of carbonyl (C=O) groups is 1. The Hall–Kier alpha value is -1.66. The molecule has 1 rings (SSSR count). The number of rotatable bonds is 2. The van der Waals surface area contributed by atoms with E-state index >= 15 is 0 Å². The van der Waals surface area contributed by atoms with E-state index in [-0.39, 0.29) is 5.95 Å². The lowest BCUT2D eigenvalue weighted by Gasteiger charge is -1.96. The molecule has 0 aliphatic heterocycles. The number of carboxylic acid groups (broad SMARTS) is 1. The average molecular weight is 142 g/mol. The largest absolute Gasteiger partial charge is 0.548 e. The highest BCUT2D eigenvalue weighted by Crippen LogP contribution is 1.82. The van der Waals surface area contributed by atoms with Gasteiger partial charge in [-0.15, -0.1) is 5.10 Å². The number of hydrogen-bond donors (Lipinski definition) is 1. The van der Waals surface area contributed by atoms with Crippen LogP contribution in [0.25, 0.3) is 0 Å². The van der Waals surface area contributed by atoms with E-state index in [0.29, 0.717) is 0 Å². The van der Waals surface area contributed by atoms with Gasteiger partial charge in [-0.1, -0.05) is 5.10 Å². The summed E-state index contributed by atoms with van der Waals surface area (Å²) in [6, 6.07) is 0. The van der Waals surface area contributed by atoms with Gasteiger partial charge in [-0.05, 0) is 5.21 Å². The van der Waals surface area contributed by atoms with E-state index in [1.165, 1.54) is 0 Å². The van der Waals surface area contributed by atoms with Crippen molar-refractivity contribution >= 4 is 11.9 Å². The number of nitrogens with zero attached hydrogens (tertiary/aromatic N) is 4. The fraction of sp³-hybridized carbons (Fsp3) is 0.333. The molecule has 1 aromatic rings. The van der Waals surface area contributed by atoms with Crippen molar-refractivity contribution in [1.82, 2.24) is 20.2 Å². The molecule has 0 fully saturated rings. The van der Waals surface area contributed by atoms with Crippen molar-refractivity contribution < 1.29 is 9.90 Å². The van der Waals surface area contributed by atoms with Crippen LogP contribution in [0.3, 0.4) is 0 Å². The van der Waals surface area contributed by atoms with E-state index in [0.717, 1.165) is 4.80 Å². The van der Waals surface area contributed by atoms with Crippen LogP contribution in [0.15, 0.2) is 0 Å². The Morgan fingerprint density at radius 3 is 2.90 bits per heavy atom. The van der Waals surface area contributed by atoms with Gasteiger partial charge in [0.2, 0.25) is 0 Å². The second-order valence-corrected chi connectivity index (χ2v) is 1.55. The van der Waals surface area contributed by atoms with E-state index in [1.54, 1.807) is 0 Å². The zero-order valence-corrected chi connectivity index (χ0v) is 4.89. The lowest BCUT2D eigenvalue weighted by Crippen LogP contribution is -2.28. The molecule has 0 aliphatic rings. The molecule has 7 nitrogen and oxygen atoms in total. The van der Waals surface area contributed by atoms with Crippen LogP contribution in [0, 0.1) is 0 Å². The van der Waals surface area contributed by atoms with Gasteiger partial charge in [-0.3, -0.25) is 0 Å². The Morgan fingerprint density at radius 1 is 1.80 bits per heavy atom. The van der Waals surface area contributed by atoms with E-state index in [4.69, 9.17) is 5.73 Å². The third-order valence-electron chi connectivity index (χ3n) is 0.739. The second-order valence-electron chi connectivity index (χ2n) is 1.55. The first-order valence-electron chi connectivity index (χ1n) is 2.41. The molecule has 0 aromatic carbocycles. The summed E-state index contributed by atoms with van der Waals surface area (Å²) in [6.07, 6.45) is 0. The molecular formula is C3H4N5O2-. The molecule has 0 spiro atoms. The standard InChI is InChI=1S/C3H5N5O2/c4-3-5-7-8(6-3)1-2(9)10/h1H2,(H2,4,6)(H,9,10)/p-1. The van der Waals surface area contributed by atoms with Gasteiger partial charge >= 0.3 is 0 Å². The van der Waals surface area contributed by atoms with Crippen molar-refractivity contribution in [3.05, 3.63) is 0 Å². The molecule has 54 valence electrons. The van der Waals surface area contributed by atoms with Crippen molar-refractivity contribution in [2.75, 3.05) is 5.73 Å². The molecule has 0 amide bonds. The predicted octanol–water partition coefficient (Wildman–Crippen LogP) is -2.99. The predicted molar refractivity (Wildman–Crippen MR) is 27.2 cm³/mol. The summed E-state index contributed by atoms with van der Waals surface area (Å²) in [7, 11) is 0. The topological polar surface area (TPSA) is 110 Å². The Morgan fingerprint density at radius 2 is 2.50 bits per heavy atom. The first-order chi connectivity index (χ1) is 4.68. The maximum Gasteiger partial charge on any atom is 0.260 e. The van der Waals surface area contributed by atoms with Gasteiger partial charge in [0.15, 0.2) is 0 Å². The molecule has 7 heteroatoms. The van der Waals surface area contributed by atoms with Crippen molar-refractivity contribution in [3.8, 4) is 0 Å². The number of carboxylic acids is 1. The van der Waals surface area contributed by atoms with Crippen LogP contribution in [-0.2, 0) is 11.3 Å². The first-order valence-corrected chi connectivity index (χ1v) is 2.41. The minimum absolute atomic E-state index is 0.0544. The monoisotopic (exact) mass is 142 g/mol. The lowest BCUT2D eigenvalue weighted by molar-refractivity contribution is -0.307. The van der Waals surface area contributed by atoms with Crippen molar-refractivity contribution in [1.29, 1.82) is 0 Å². The Kier molecular flexibility index (Phi) is 1.48. The summed E-state index contributed by atoms with van der Waals surface area (Å²) >= 11 is 0. The normalized spacial score (nSPS) is 9.60. The third kappa shape index (κ3) is 1.41. The number of nitrogen functional groups attached to an aromatic ring is 1. The van der Waals surface area contributed by atoms with Gasteiger partial charge in [0.25, 0.3) is 5.95 Å². The number of aromatic nitrogens is 4. The van der Waals surface area contributed by atoms with Crippen LogP contribution in [0.1, 0.15) is 0 Å². The fourth-order valence-electron chi connectivity index (χ4n) is 0.438. The number of hydrogen-bond acceptors (Lipinski definition) is 6. The summed E-state index contributed by atoms with van der Waals surface area (Å²) in [5.41, 5.74) is 5.04. The Bertz CT molecular complexity index is 243. The van der Waals surface area contributed by atoms with Gasteiger partial charge in [-0.25, -0.2) is 0 Å². The molecule has 10 heavy (non-hydrogen) atoms.